The zero-order valence-corrected chi connectivity index (χ0v) is 20.3. The number of ether oxygens (including phenoxy) is 1. The fourth-order valence-corrected chi connectivity index (χ4v) is 3.34. The second-order valence-electron chi connectivity index (χ2n) is 7.98. The Labute approximate surface area is 209 Å². The Hall–Kier alpha value is -3.75. The summed E-state index contributed by atoms with van der Waals surface area (Å²) in [5.74, 6) is 3.60. The Bertz CT molecular complexity index is 1140. The Balaban J connectivity index is 2.17. The quantitative estimate of drug-likeness (QED) is 0.109. The summed E-state index contributed by atoms with van der Waals surface area (Å²) >= 11 is 0. The van der Waals surface area contributed by atoms with E-state index in [1.54, 1.807) is 30.3 Å². The molecule has 0 heterocycles. The van der Waals surface area contributed by atoms with E-state index in [2.05, 4.69) is 23.7 Å². The van der Waals surface area contributed by atoms with Crippen LogP contribution >= 0.6 is 0 Å². The summed E-state index contributed by atoms with van der Waals surface area (Å²) in [7, 11) is 2.89. The average molecular weight is 500 g/mol. The molecule has 10 heteroatoms. The number of nitrogens with zero attached hydrogens (tertiary/aromatic N) is 1. The smallest absolute Gasteiger partial charge is 0.278 e. The summed E-state index contributed by atoms with van der Waals surface area (Å²) in [4.78, 5) is 26.0. The highest BCUT2D eigenvalue weighted by molar-refractivity contribution is 6.09. The van der Waals surface area contributed by atoms with Gasteiger partial charge in [-0.15, -0.1) is 0 Å². The van der Waals surface area contributed by atoms with Crippen LogP contribution < -0.4 is 10.8 Å². The lowest BCUT2D eigenvalue weighted by Gasteiger charge is -2.37. The van der Waals surface area contributed by atoms with Gasteiger partial charge in [0.1, 0.15) is 11.9 Å². The van der Waals surface area contributed by atoms with Gasteiger partial charge >= 0.3 is 0 Å². The number of aliphatic hydroxyl groups excluding tert-OH is 2. The van der Waals surface area contributed by atoms with Crippen LogP contribution in [0, 0.1) is 17.7 Å². The first-order valence-corrected chi connectivity index (χ1v) is 11.0. The molecule has 36 heavy (non-hydrogen) atoms. The molecule has 0 fully saturated rings. The second-order valence-corrected chi connectivity index (χ2v) is 7.98. The van der Waals surface area contributed by atoms with Gasteiger partial charge < -0.3 is 25.2 Å². The van der Waals surface area contributed by atoms with Gasteiger partial charge in [0.2, 0.25) is 0 Å². The van der Waals surface area contributed by atoms with E-state index in [1.165, 1.54) is 43.5 Å². The minimum Gasteiger partial charge on any atom is -0.394 e. The topological polar surface area (TPSA) is 131 Å². The second kappa shape index (κ2) is 12.8. The van der Waals surface area contributed by atoms with Crippen molar-refractivity contribution in [2.45, 2.75) is 18.6 Å². The Morgan fingerprint density at radius 2 is 1.78 bits per heavy atom. The highest BCUT2D eigenvalue weighted by Gasteiger charge is 2.45. The van der Waals surface area contributed by atoms with E-state index in [-0.39, 0.29) is 25.4 Å². The van der Waals surface area contributed by atoms with Gasteiger partial charge in [-0.1, -0.05) is 36.6 Å². The third-order valence-electron chi connectivity index (χ3n) is 5.73. The van der Waals surface area contributed by atoms with E-state index in [9.17, 15) is 19.1 Å². The van der Waals surface area contributed by atoms with Crippen molar-refractivity contribution < 1.29 is 34.1 Å². The molecule has 2 aromatic carbocycles. The van der Waals surface area contributed by atoms with Gasteiger partial charge in [-0.05, 0) is 36.8 Å². The summed E-state index contributed by atoms with van der Waals surface area (Å²) in [5, 5.41) is 30.3. The van der Waals surface area contributed by atoms with Crippen molar-refractivity contribution in [3.05, 3.63) is 77.1 Å². The number of benzene rings is 2. The number of hydrogen-bond acceptors (Lipinski definition) is 7. The first-order chi connectivity index (χ1) is 17.1. The molecule has 2 amide bonds. The molecule has 0 saturated heterocycles. The van der Waals surface area contributed by atoms with E-state index in [1.807, 2.05) is 0 Å². The van der Waals surface area contributed by atoms with Crippen molar-refractivity contribution in [3.8, 4) is 11.8 Å². The maximum absolute atomic E-state index is 14.4. The Morgan fingerprint density at radius 1 is 1.17 bits per heavy atom. The standard InChI is InChI=1S/C26H30FN3O6/c1-17(30(4)26(2,24(33)28-3)25(34)29-35)20-10-7-18(8-11-20)5-6-19-9-12-21(22(27)15-19)23(32)16-36-14-13-31/h7-12,15,23,31-32,35H,1,13-14,16H2,2-4H3,(H,28,33)(H,29,34)/t23?,26-/m0/s1. The Kier molecular flexibility index (Phi) is 10.1. The molecule has 0 aliphatic carbocycles. The van der Waals surface area contributed by atoms with Crippen LogP contribution in [0.2, 0.25) is 0 Å². The number of aliphatic hydroxyl groups is 2. The zero-order valence-electron chi connectivity index (χ0n) is 20.3. The lowest BCUT2D eigenvalue weighted by Crippen LogP contribution is -2.62. The van der Waals surface area contributed by atoms with Gasteiger partial charge in [0.05, 0.1) is 19.8 Å². The van der Waals surface area contributed by atoms with E-state index >= 15 is 0 Å². The first kappa shape index (κ1) is 28.5. The molecule has 0 aliphatic heterocycles. The molecule has 1 unspecified atom stereocenters. The van der Waals surface area contributed by atoms with Gasteiger partial charge in [0.15, 0.2) is 5.54 Å². The molecule has 0 saturated carbocycles. The number of amides is 2. The summed E-state index contributed by atoms with van der Waals surface area (Å²) in [6.45, 7) is 5.05. The fraction of sp³-hybridized carbons (Fsp3) is 0.308. The molecule has 5 N–H and O–H groups in total. The van der Waals surface area contributed by atoms with Crippen LogP contribution in [0.1, 0.15) is 35.3 Å². The number of hydrogen-bond donors (Lipinski definition) is 5. The molecule has 0 aromatic heterocycles. The fourth-order valence-electron chi connectivity index (χ4n) is 3.34. The Morgan fingerprint density at radius 3 is 2.33 bits per heavy atom. The van der Waals surface area contributed by atoms with E-state index in [0.717, 1.165) is 0 Å². The van der Waals surface area contributed by atoms with Gasteiger partial charge in [-0.2, -0.15) is 0 Å². The van der Waals surface area contributed by atoms with E-state index in [4.69, 9.17) is 15.1 Å². The third-order valence-corrected chi connectivity index (χ3v) is 5.73. The predicted molar refractivity (Wildman–Crippen MR) is 131 cm³/mol. The van der Waals surface area contributed by atoms with Gasteiger partial charge in [0, 0.05) is 36.5 Å². The molecule has 192 valence electrons. The van der Waals surface area contributed by atoms with Crippen molar-refractivity contribution in [2.24, 2.45) is 0 Å². The summed E-state index contributed by atoms with van der Waals surface area (Å²) in [5.41, 5.74) is 1.82. The van der Waals surface area contributed by atoms with Crippen LogP contribution in [0.5, 0.6) is 0 Å². The van der Waals surface area contributed by atoms with Crippen LogP contribution in [-0.2, 0) is 14.3 Å². The summed E-state index contributed by atoms with van der Waals surface area (Å²) < 4.78 is 19.4. The van der Waals surface area contributed by atoms with Gasteiger partial charge in [-0.3, -0.25) is 14.8 Å². The van der Waals surface area contributed by atoms with Gasteiger partial charge in [0.25, 0.3) is 11.8 Å². The highest BCUT2D eigenvalue weighted by Crippen LogP contribution is 2.26. The van der Waals surface area contributed by atoms with Crippen molar-refractivity contribution in [1.29, 1.82) is 0 Å². The van der Waals surface area contributed by atoms with E-state index in [0.29, 0.717) is 22.4 Å². The lowest BCUT2D eigenvalue weighted by molar-refractivity contribution is -0.147. The lowest BCUT2D eigenvalue weighted by atomic mass is 9.96. The van der Waals surface area contributed by atoms with Crippen LogP contribution in [0.3, 0.4) is 0 Å². The van der Waals surface area contributed by atoms with Crippen molar-refractivity contribution in [2.75, 3.05) is 33.9 Å². The number of carbonyl (C=O) groups is 2. The number of carbonyl (C=O) groups excluding carboxylic acids is 2. The minimum atomic E-state index is -1.76. The summed E-state index contributed by atoms with van der Waals surface area (Å²) in [6.07, 6.45) is -1.16. The molecule has 2 atom stereocenters. The maximum Gasteiger partial charge on any atom is 0.278 e. The number of hydroxylamine groups is 1. The maximum atomic E-state index is 14.4. The van der Waals surface area contributed by atoms with Crippen LogP contribution in [0.4, 0.5) is 4.39 Å². The van der Waals surface area contributed by atoms with E-state index < -0.39 is 29.3 Å². The van der Waals surface area contributed by atoms with Crippen molar-refractivity contribution >= 4 is 17.5 Å². The summed E-state index contributed by atoms with van der Waals surface area (Å²) in [6, 6.07) is 11.1. The third kappa shape index (κ3) is 6.47. The SMILES string of the molecule is C=C(c1ccc(C#Cc2ccc(C(O)COCCO)c(F)c2)cc1)N(C)[C@@](C)(C(=O)NC)C(=O)NO. The van der Waals surface area contributed by atoms with Gasteiger partial charge in [-0.25, -0.2) is 9.87 Å². The number of likely N-dealkylation sites (N-methyl/N-ethyl adjacent to an activating group) is 2. The average Bonchev–Trinajstić information content (AvgIpc) is 2.89. The predicted octanol–water partition coefficient (Wildman–Crippen LogP) is 1.18. The first-order valence-electron chi connectivity index (χ1n) is 11.0. The number of rotatable bonds is 10. The molecule has 0 radical (unpaired) electrons. The molecular formula is C26H30FN3O6. The normalized spacial score (nSPS) is 13.0. The van der Waals surface area contributed by atoms with Crippen molar-refractivity contribution in [3.63, 3.8) is 0 Å². The molecular weight excluding hydrogens is 469 g/mol. The molecule has 2 aromatic rings. The molecule has 0 bridgehead atoms. The molecule has 0 aliphatic rings. The number of nitrogens with one attached hydrogen (secondary N) is 2. The zero-order chi connectivity index (χ0) is 26.9. The number of halogens is 1. The molecule has 0 spiro atoms. The molecule has 2 rings (SSSR count). The van der Waals surface area contributed by atoms with Crippen LogP contribution in [-0.4, -0.2) is 71.6 Å². The monoisotopic (exact) mass is 499 g/mol. The van der Waals surface area contributed by atoms with Crippen molar-refractivity contribution in [1.82, 2.24) is 15.7 Å². The highest BCUT2D eigenvalue weighted by atomic mass is 19.1. The largest absolute Gasteiger partial charge is 0.394 e. The van der Waals surface area contributed by atoms with Crippen LogP contribution in [0.15, 0.2) is 49.0 Å². The molecule has 9 nitrogen and oxygen atoms in total. The van der Waals surface area contributed by atoms with Crippen LogP contribution in [0.25, 0.3) is 5.70 Å². The minimum absolute atomic E-state index is 0.0516.